The van der Waals surface area contributed by atoms with Gasteiger partial charge in [-0.3, -0.25) is 19.8 Å². The van der Waals surface area contributed by atoms with Crippen molar-refractivity contribution in [3.63, 3.8) is 0 Å². The zero-order chi connectivity index (χ0) is 22.1. The van der Waals surface area contributed by atoms with E-state index in [1.54, 1.807) is 48.5 Å². The van der Waals surface area contributed by atoms with E-state index in [9.17, 15) is 9.59 Å². The number of anilines is 1. The first-order valence-corrected chi connectivity index (χ1v) is 10.4. The number of hydrogen-bond donors (Lipinski definition) is 1. The number of halogens is 1. The maximum Gasteiger partial charge on any atom is 0.270 e. The van der Waals surface area contributed by atoms with Crippen molar-refractivity contribution in [1.29, 1.82) is 5.26 Å². The minimum absolute atomic E-state index is 0.0234. The molecule has 31 heavy (non-hydrogen) atoms. The highest BCUT2D eigenvalue weighted by Gasteiger charge is 2.35. The van der Waals surface area contributed by atoms with Crippen molar-refractivity contribution in [2.24, 2.45) is 0 Å². The molecule has 0 unspecified atom stereocenters. The van der Waals surface area contributed by atoms with Crippen LogP contribution in [0.5, 0.6) is 0 Å². The van der Waals surface area contributed by atoms with Crippen LogP contribution in [0.4, 0.5) is 5.69 Å². The Balaban J connectivity index is 1.67. The van der Waals surface area contributed by atoms with Crippen LogP contribution >= 0.6 is 28.1 Å². The first-order chi connectivity index (χ1) is 14.9. The average molecular weight is 492 g/mol. The van der Waals surface area contributed by atoms with E-state index in [0.29, 0.717) is 22.8 Å². The van der Waals surface area contributed by atoms with E-state index in [1.165, 1.54) is 11.0 Å². The van der Waals surface area contributed by atoms with E-state index >= 15 is 0 Å². The number of nitrogens with zero attached hydrogens (tertiary/aromatic N) is 2. The van der Waals surface area contributed by atoms with E-state index in [-0.39, 0.29) is 10.7 Å². The fourth-order valence-corrected chi connectivity index (χ4v) is 3.93. The number of nitrogens with one attached hydrogen (secondary N) is 1. The predicted octanol–water partition coefficient (Wildman–Crippen LogP) is 4.72. The molecule has 8 heteroatoms. The molecule has 0 spiro atoms. The molecule has 3 aromatic rings. The Bertz CT molecular complexity index is 1300. The van der Waals surface area contributed by atoms with Gasteiger partial charge in [0.15, 0.2) is 5.11 Å². The van der Waals surface area contributed by atoms with Gasteiger partial charge in [-0.05, 0) is 85.4 Å². The van der Waals surface area contributed by atoms with Crippen molar-refractivity contribution in [3.05, 3.63) is 81.5 Å². The van der Waals surface area contributed by atoms with Gasteiger partial charge in [0.05, 0.1) is 17.3 Å². The Morgan fingerprint density at radius 3 is 2.55 bits per heavy atom. The molecule has 1 saturated heterocycles. The van der Waals surface area contributed by atoms with Crippen molar-refractivity contribution >= 4 is 56.8 Å². The van der Waals surface area contributed by atoms with Gasteiger partial charge < -0.3 is 4.42 Å². The number of carbonyl (C=O) groups excluding carboxylic acids is 2. The smallest absolute Gasteiger partial charge is 0.270 e. The van der Waals surface area contributed by atoms with Crippen molar-refractivity contribution in [1.82, 2.24) is 5.32 Å². The third kappa shape index (κ3) is 4.06. The summed E-state index contributed by atoms with van der Waals surface area (Å²) in [5.74, 6) is -0.220. The highest BCUT2D eigenvalue weighted by molar-refractivity contribution is 9.10. The lowest BCUT2D eigenvalue weighted by Gasteiger charge is -2.29. The lowest BCUT2D eigenvalue weighted by molar-refractivity contribution is -0.122. The van der Waals surface area contributed by atoms with Crippen molar-refractivity contribution in [2.45, 2.75) is 6.92 Å². The molecule has 0 saturated carbocycles. The molecule has 0 radical (unpaired) electrons. The van der Waals surface area contributed by atoms with Crippen LogP contribution in [0.2, 0.25) is 0 Å². The summed E-state index contributed by atoms with van der Waals surface area (Å²) in [7, 11) is 0. The first-order valence-electron chi connectivity index (χ1n) is 9.15. The normalized spacial score (nSPS) is 15.2. The molecular weight excluding hydrogens is 478 g/mol. The first kappa shape index (κ1) is 20.7. The highest BCUT2D eigenvalue weighted by Crippen LogP contribution is 2.29. The van der Waals surface area contributed by atoms with Gasteiger partial charge in [-0.1, -0.05) is 15.9 Å². The number of rotatable bonds is 3. The second-order valence-corrected chi connectivity index (χ2v) is 8.08. The molecule has 2 aromatic carbocycles. The second-order valence-electron chi connectivity index (χ2n) is 6.78. The monoisotopic (exact) mass is 491 g/mol. The lowest BCUT2D eigenvalue weighted by Crippen LogP contribution is -2.54. The van der Waals surface area contributed by atoms with Crippen LogP contribution in [0, 0.1) is 18.3 Å². The average Bonchev–Trinajstić information content (AvgIpc) is 3.21. The van der Waals surface area contributed by atoms with Crippen LogP contribution in [0.1, 0.15) is 16.9 Å². The molecule has 2 amide bonds. The summed E-state index contributed by atoms with van der Waals surface area (Å²) in [6.07, 6.45) is 1.40. The number of furan rings is 1. The molecule has 0 bridgehead atoms. The van der Waals surface area contributed by atoms with Gasteiger partial charge in [-0.25, -0.2) is 0 Å². The van der Waals surface area contributed by atoms with E-state index < -0.39 is 11.8 Å². The predicted molar refractivity (Wildman–Crippen MR) is 124 cm³/mol. The highest BCUT2D eigenvalue weighted by atomic mass is 79.9. The minimum Gasteiger partial charge on any atom is -0.457 e. The second kappa shape index (κ2) is 8.30. The Morgan fingerprint density at radius 2 is 1.87 bits per heavy atom. The maximum atomic E-state index is 13.2. The van der Waals surface area contributed by atoms with E-state index in [0.717, 1.165) is 15.6 Å². The van der Waals surface area contributed by atoms with E-state index in [1.807, 2.05) is 13.0 Å². The number of amides is 2. The van der Waals surface area contributed by atoms with Gasteiger partial charge in [-0.15, -0.1) is 0 Å². The molecule has 4 rings (SSSR count). The van der Waals surface area contributed by atoms with Crippen LogP contribution in [0.15, 0.2) is 69.1 Å². The number of aryl methyl sites for hydroxylation is 1. The van der Waals surface area contributed by atoms with Gasteiger partial charge in [0.2, 0.25) is 0 Å². The summed E-state index contributed by atoms with van der Waals surface area (Å²) in [4.78, 5) is 26.9. The summed E-state index contributed by atoms with van der Waals surface area (Å²) in [6.45, 7) is 1.85. The number of benzene rings is 2. The summed E-state index contributed by atoms with van der Waals surface area (Å²) >= 11 is 8.65. The molecule has 6 nitrogen and oxygen atoms in total. The zero-order valence-corrected chi connectivity index (χ0v) is 18.6. The molecular formula is C23H14BrN3O3S. The molecule has 1 aliphatic heterocycles. The third-order valence-electron chi connectivity index (χ3n) is 4.71. The summed E-state index contributed by atoms with van der Waals surface area (Å²) < 4.78 is 6.67. The van der Waals surface area contributed by atoms with Gasteiger partial charge in [0.1, 0.15) is 17.1 Å². The fourth-order valence-electron chi connectivity index (χ4n) is 3.18. The Labute approximate surface area is 191 Å². The molecule has 1 aromatic heterocycles. The standard InChI is InChI=1S/C23H14BrN3O3S/c1-13-10-16(24)6-8-19(13)27-22(29)18(21(28)26-23(27)31)11-17-7-9-20(30-17)15-4-2-14(12-25)3-5-15/h2-11H,1H3,(H,26,28,31)/b18-11+. The molecule has 1 N–H and O–H groups in total. The van der Waals surface area contributed by atoms with Gasteiger partial charge in [0, 0.05) is 10.0 Å². The van der Waals surface area contributed by atoms with Crippen LogP contribution in [-0.2, 0) is 9.59 Å². The van der Waals surface area contributed by atoms with Crippen LogP contribution in [-0.4, -0.2) is 16.9 Å². The molecule has 1 aliphatic rings. The lowest BCUT2D eigenvalue weighted by atomic mass is 10.1. The number of hydrogen-bond acceptors (Lipinski definition) is 5. The summed E-state index contributed by atoms with van der Waals surface area (Å²) in [5, 5.41) is 11.5. The van der Waals surface area contributed by atoms with Crippen molar-refractivity contribution < 1.29 is 14.0 Å². The molecule has 2 heterocycles. The summed E-state index contributed by atoms with van der Waals surface area (Å²) in [5.41, 5.74) is 2.64. The van der Waals surface area contributed by atoms with Crippen LogP contribution < -0.4 is 10.2 Å². The van der Waals surface area contributed by atoms with E-state index in [2.05, 4.69) is 27.3 Å². The minimum atomic E-state index is -0.586. The van der Waals surface area contributed by atoms with Gasteiger partial charge in [0.25, 0.3) is 11.8 Å². The molecule has 0 aliphatic carbocycles. The number of carbonyl (C=O) groups is 2. The van der Waals surface area contributed by atoms with Gasteiger partial charge >= 0.3 is 0 Å². The Morgan fingerprint density at radius 1 is 1.13 bits per heavy atom. The van der Waals surface area contributed by atoms with Crippen LogP contribution in [0.3, 0.4) is 0 Å². The molecule has 1 fully saturated rings. The Kier molecular flexibility index (Phi) is 5.55. The Hall–Kier alpha value is -3.54. The topological polar surface area (TPSA) is 86.3 Å². The largest absolute Gasteiger partial charge is 0.457 e. The SMILES string of the molecule is Cc1cc(Br)ccc1N1C(=O)/C(=C/c2ccc(-c3ccc(C#N)cc3)o2)C(=O)NC1=S. The van der Waals surface area contributed by atoms with Crippen LogP contribution in [0.25, 0.3) is 17.4 Å². The molecule has 152 valence electrons. The fraction of sp³-hybridized carbons (Fsp3) is 0.0435. The zero-order valence-electron chi connectivity index (χ0n) is 16.2. The van der Waals surface area contributed by atoms with Crippen molar-refractivity contribution in [3.8, 4) is 17.4 Å². The number of nitriles is 1. The summed E-state index contributed by atoms with van der Waals surface area (Å²) in [6, 6.07) is 17.8. The van der Waals surface area contributed by atoms with E-state index in [4.69, 9.17) is 21.9 Å². The van der Waals surface area contributed by atoms with Gasteiger partial charge in [-0.2, -0.15) is 5.26 Å². The third-order valence-corrected chi connectivity index (χ3v) is 5.49. The molecule has 0 atom stereocenters. The number of thiocarbonyl (C=S) groups is 1. The quantitative estimate of drug-likeness (QED) is 0.325. The maximum absolute atomic E-state index is 13.2. The van der Waals surface area contributed by atoms with Crippen molar-refractivity contribution in [2.75, 3.05) is 4.90 Å².